The van der Waals surface area contributed by atoms with Crippen molar-refractivity contribution in [2.45, 2.75) is 26.2 Å². The number of anilines is 1. The Labute approximate surface area is 106 Å². The SMILES string of the molecule is CN1CC(=O)Oc2c(Cl)cc(C(C)(C)C)cc21. The van der Waals surface area contributed by atoms with Crippen LogP contribution in [0.25, 0.3) is 0 Å². The number of halogens is 1. The summed E-state index contributed by atoms with van der Waals surface area (Å²) < 4.78 is 5.19. The molecule has 0 N–H and O–H groups in total. The van der Waals surface area contributed by atoms with Crippen LogP contribution in [0.2, 0.25) is 5.02 Å². The molecule has 0 bridgehead atoms. The summed E-state index contributed by atoms with van der Waals surface area (Å²) in [6.07, 6.45) is 0. The number of hydrogen-bond donors (Lipinski definition) is 0. The highest BCUT2D eigenvalue weighted by atomic mass is 35.5. The maximum atomic E-state index is 11.3. The first-order chi connectivity index (χ1) is 7.79. The molecule has 0 atom stereocenters. The van der Waals surface area contributed by atoms with Crippen LogP contribution >= 0.6 is 11.6 Å². The zero-order valence-corrected chi connectivity index (χ0v) is 11.3. The molecule has 1 aliphatic heterocycles. The van der Waals surface area contributed by atoms with E-state index in [1.807, 2.05) is 24.1 Å². The number of esters is 1. The molecule has 0 radical (unpaired) electrons. The Morgan fingerprint density at radius 3 is 2.59 bits per heavy atom. The number of hydrogen-bond acceptors (Lipinski definition) is 3. The van der Waals surface area contributed by atoms with Gasteiger partial charge in [0.05, 0.1) is 10.7 Å². The summed E-state index contributed by atoms with van der Waals surface area (Å²) in [5, 5.41) is 0.493. The van der Waals surface area contributed by atoms with Crippen LogP contribution in [0.1, 0.15) is 26.3 Å². The van der Waals surface area contributed by atoms with E-state index in [2.05, 4.69) is 20.8 Å². The lowest BCUT2D eigenvalue weighted by molar-refractivity contribution is -0.133. The van der Waals surface area contributed by atoms with E-state index in [0.717, 1.165) is 11.3 Å². The van der Waals surface area contributed by atoms with Crippen LogP contribution in [-0.4, -0.2) is 19.6 Å². The number of carbonyl (C=O) groups is 1. The molecule has 0 aliphatic carbocycles. The maximum Gasteiger partial charge on any atom is 0.331 e. The molecular formula is C13H16ClNO2. The van der Waals surface area contributed by atoms with E-state index in [9.17, 15) is 4.79 Å². The minimum Gasteiger partial charge on any atom is -0.421 e. The highest BCUT2D eigenvalue weighted by Crippen LogP contribution is 2.41. The van der Waals surface area contributed by atoms with Gasteiger partial charge < -0.3 is 9.64 Å². The fraction of sp³-hybridized carbons (Fsp3) is 0.462. The standard InChI is InChI=1S/C13H16ClNO2/c1-13(2,3)8-5-9(14)12-10(6-8)15(4)7-11(16)17-12/h5-6H,7H2,1-4H3. The Bertz CT molecular complexity index is 477. The monoisotopic (exact) mass is 253 g/mol. The molecule has 0 saturated carbocycles. The molecular weight excluding hydrogens is 238 g/mol. The Morgan fingerprint density at radius 1 is 1.35 bits per heavy atom. The molecule has 1 aliphatic rings. The molecule has 2 rings (SSSR count). The van der Waals surface area contributed by atoms with Crippen LogP contribution in [-0.2, 0) is 10.2 Å². The van der Waals surface area contributed by atoms with Crippen LogP contribution in [0.3, 0.4) is 0 Å². The van der Waals surface area contributed by atoms with Crippen molar-refractivity contribution >= 4 is 23.3 Å². The Morgan fingerprint density at radius 2 is 2.00 bits per heavy atom. The summed E-state index contributed by atoms with van der Waals surface area (Å²) >= 11 is 6.18. The van der Waals surface area contributed by atoms with Crippen LogP contribution < -0.4 is 9.64 Å². The van der Waals surface area contributed by atoms with Crippen LogP contribution in [0, 0.1) is 0 Å². The third kappa shape index (κ3) is 2.25. The molecule has 1 heterocycles. The zero-order chi connectivity index (χ0) is 12.8. The lowest BCUT2D eigenvalue weighted by Gasteiger charge is -2.29. The normalized spacial score (nSPS) is 15.6. The molecule has 1 aromatic rings. The van der Waals surface area contributed by atoms with Gasteiger partial charge in [-0.2, -0.15) is 0 Å². The van der Waals surface area contributed by atoms with E-state index >= 15 is 0 Å². The predicted molar refractivity (Wildman–Crippen MR) is 69.1 cm³/mol. The van der Waals surface area contributed by atoms with E-state index in [1.54, 1.807) is 0 Å². The van der Waals surface area contributed by atoms with Gasteiger partial charge in [0.2, 0.25) is 0 Å². The van der Waals surface area contributed by atoms with Gasteiger partial charge in [-0.05, 0) is 23.1 Å². The highest BCUT2D eigenvalue weighted by molar-refractivity contribution is 6.33. The minimum atomic E-state index is -0.273. The smallest absolute Gasteiger partial charge is 0.331 e. The summed E-state index contributed by atoms with van der Waals surface area (Å²) in [5.41, 5.74) is 2.02. The molecule has 0 unspecified atom stereocenters. The first-order valence-corrected chi connectivity index (χ1v) is 5.92. The first-order valence-electron chi connectivity index (χ1n) is 5.55. The number of benzene rings is 1. The fourth-order valence-corrected chi connectivity index (χ4v) is 2.07. The lowest BCUT2D eigenvalue weighted by Crippen LogP contribution is -2.34. The van der Waals surface area contributed by atoms with Crippen molar-refractivity contribution in [1.82, 2.24) is 0 Å². The Kier molecular flexibility index (Phi) is 2.82. The maximum absolute atomic E-state index is 11.3. The van der Waals surface area contributed by atoms with Gasteiger partial charge in [0.15, 0.2) is 5.75 Å². The minimum absolute atomic E-state index is 0.0148. The van der Waals surface area contributed by atoms with Gasteiger partial charge in [-0.15, -0.1) is 0 Å². The van der Waals surface area contributed by atoms with Crippen molar-refractivity contribution in [3.05, 3.63) is 22.7 Å². The van der Waals surface area contributed by atoms with Crippen molar-refractivity contribution in [1.29, 1.82) is 0 Å². The fourth-order valence-electron chi connectivity index (χ4n) is 1.82. The van der Waals surface area contributed by atoms with Gasteiger partial charge in [-0.25, -0.2) is 4.79 Å². The topological polar surface area (TPSA) is 29.5 Å². The molecule has 92 valence electrons. The highest BCUT2D eigenvalue weighted by Gasteiger charge is 2.26. The van der Waals surface area contributed by atoms with Crippen molar-refractivity contribution < 1.29 is 9.53 Å². The molecule has 0 spiro atoms. The number of fused-ring (bicyclic) bond motifs is 1. The van der Waals surface area contributed by atoms with Gasteiger partial charge in [0.1, 0.15) is 6.54 Å². The summed E-state index contributed by atoms with van der Waals surface area (Å²) in [7, 11) is 1.86. The van der Waals surface area contributed by atoms with Crippen molar-refractivity contribution in [2.75, 3.05) is 18.5 Å². The molecule has 17 heavy (non-hydrogen) atoms. The van der Waals surface area contributed by atoms with Crippen LogP contribution in [0.5, 0.6) is 5.75 Å². The molecule has 0 saturated heterocycles. The van der Waals surface area contributed by atoms with Crippen molar-refractivity contribution in [3.8, 4) is 5.75 Å². The number of carbonyl (C=O) groups excluding carboxylic acids is 1. The molecule has 0 aromatic heterocycles. The summed E-state index contributed by atoms with van der Waals surface area (Å²) in [6, 6.07) is 3.90. The number of nitrogens with zero attached hydrogens (tertiary/aromatic N) is 1. The second kappa shape index (κ2) is 3.91. The van der Waals surface area contributed by atoms with Gasteiger partial charge in [-0.1, -0.05) is 32.4 Å². The van der Waals surface area contributed by atoms with Crippen LogP contribution in [0.15, 0.2) is 12.1 Å². The van der Waals surface area contributed by atoms with Gasteiger partial charge in [-0.3, -0.25) is 0 Å². The van der Waals surface area contributed by atoms with Crippen molar-refractivity contribution in [3.63, 3.8) is 0 Å². The quantitative estimate of drug-likeness (QED) is 0.526. The molecule has 1 aromatic carbocycles. The summed E-state index contributed by atoms with van der Waals surface area (Å²) in [5.74, 6) is 0.198. The molecule has 4 heteroatoms. The lowest BCUT2D eigenvalue weighted by atomic mass is 9.86. The first kappa shape index (κ1) is 12.2. The van der Waals surface area contributed by atoms with Gasteiger partial charge >= 0.3 is 5.97 Å². The average Bonchev–Trinajstić information content (AvgIpc) is 2.17. The average molecular weight is 254 g/mol. The van der Waals surface area contributed by atoms with E-state index in [-0.39, 0.29) is 17.9 Å². The summed E-state index contributed by atoms with van der Waals surface area (Å²) in [6.45, 7) is 6.64. The number of likely N-dealkylation sites (N-methyl/N-ethyl adjacent to an activating group) is 1. The Hall–Kier alpha value is -1.22. The van der Waals surface area contributed by atoms with E-state index in [4.69, 9.17) is 16.3 Å². The zero-order valence-electron chi connectivity index (χ0n) is 10.5. The molecule has 3 nitrogen and oxygen atoms in total. The summed E-state index contributed by atoms with van der Waals surface area (Å²) in [4.78, 5) is 13.2. The number of rotatable bonds is 0. The second-order valence-electron chi connectivity index (χ2n) is 5.39. The third-order valence-electron chi connectivity index (χ3n) is 2.88. The largest absolute Gasteiger partial charge is 0.421 e. The van der Waals surface area contributed by atoms with E-state index < -0.39 is 0 Å². The Balaban J connectivity index is 2.58. The third-order valence-corrected chi connectivity index (χ3v) is 3.16. The molecule has 0 fully saturated rings. The second-order valence-corrected chi connectivity index (χ2v) is 5.79. The van der Waals surface area contributed by atoms with E-state index in [1.165, 1.54) is 0 Å². The van der Waals surface area contributed by atoms with Crippen LogP contribution in [0.4, 0.5) is 5.69 Å². The predicted octanol–water partition coefficient (Wildman–Crippen LogP) is 2.99. The van der Waals surface area contributed by atoms with Crippen molar-refractivity contribution in [2.24, 2.45) is 0 Å². The number of ether oxygens (including phenoxy) is 1. The van der Waals surface area contributed by atoms with E-state index in [0.29, 0.717) is 10.8 Å². The molecule has 0 amide bonds. The van der Waals surface area contributed by atoms with Gasteiger partial charge in [0.25, 0.3) is 0 Å². The van der Waals surface area contributed by atoms with Gasteiger partial charge in [0, 0.05) is 7.05 Å².